The lowest BCUT2D eigenvalue weighted by Crippen LogP contribution is -2.14. The maximum atomic E-state index is 12.5. The third kappa shape index (κ3) is 3.23. The SMILES string of the molecule is N#Cc1ccc(C(=O)OCC(=O)c2ccc3c(c2)-c2ccccc2C3)cc1. The molecule has 0 heterocycles. The zero-order chi connectivity index (χ0) is 18.8. The second-order valence-electron chi connectivity index (χ2n) is 6.39. The Labute approximate surface area is 156 Å². The molecule has 0 saturated carbocycles. The summed E-state index contributed by atoms with van der Waals surface area (Å²) < 4.78 is 5.14. The maximum Gasteiger partial charge on any atom is 0.338 e. The van der Waals surface area contributed by atoms with Gasteiger partial charge in [0.1, 0.15) is 0 Å². The molecule has 3 aromatic carbocycles. The number of fused-ring (bicyclic) bond motifs is 3. The number of carbonyl (C=O) groups excluding carboxylic acids is 2. The molecule has 0 unspecified atom stereocenters. The second-order valence-corrected chi connectivity index (χ2v) is 6.39. The molecule has 4 heteroatoms. The van der Waals surface area contributed by atoms with Gasteiger partial charge in [0.05, 0.1) is 17.2 Å². The van der Waals surface area contributed by atoms with E-state index in [0.717, 1.165) is 17.5 Å². The minimum absolute atomic E-state index is 0.246. The Morgan fingerprint density at radius 2 is 1.59 bits per heavy atom. The van der Waals surface area contributed by atoms with E-state index in [0.29, 0.717) is 16.7 Å². The molecule has 0 spiro atoms. The zero-order valence-electron chi connectivity index (χ0n) is 14.4. The highest BCUT2D eigenvalue weighted by Gasteiger charge is 2.20. The van der Waals surface area contributed by atoms with Gasteiger partial charge in [-0.1, -0.05) is 36.4 Å². The summed E-state index contributed by atoms with van der Waals surface area (Å²) in [6.45, 7) is -0.320. The standard InChI is InChI=1S/C23H15NO3/c24-13-15-5-7-16(8-6-15)23(26)27-14-22(25)19-10-9-18-11-17-3-1-2-4-20(17)21(18)12-19/h1-10,12H,11,14H2. The molecule has 4 rings (SSSR count). The lowest BCUT2D eigenvalue weighted by atomic mass is 10.0. The largest absolute Gasteiger partial charge is 0.454 e. The number of ketones is 1. The smallest absolute Gasteiger partial charge is 0.338 e. The summed E-state index contributed by atoms with van der Waals surface area (Å²) in [6.07, 6.45) is 0.869. The summed E-state index contributed by atoms with van der Waals surface area (Å²) in [6, 6.07) is 21.9. The van der Waals surface area contributed by atoms with Crippen molar-refractivity contribution in [2.75, 3.05) is 6.61 Å². The quantitative estimate of drug-likeness (QED) is 0.408. The number of benzene rings is 3. The highest BCUT2D eigenvalue weighted by atomic mass is 16.5. The van der Waals surface area contributed by atoms with Crippen LogP contribution in [0.15, 0.2) is 66.7 Å². The number of esters is 1. The van der Waals surface area contributed by atoms with Crippen molar-refractivity contribution in [1.29, 1.82) is 5.26 Å². The van der Waals surface area contributed by atoms with E-state index in [2.05, 4.69) is 12.1 Å². The maximum absolute atomic E-state index is 12.5. The van der Waals surface area contributed by atoms with Gasteiger partial charge in [0, 0.05) is 5.56 Å². The summed E-state index contributed by atoms with van der Waals surface area (Å²) in [4.78, 5) is 24.5. The Morgan fingerprint density at radius 1 is 0.889 bits per heavy atom. The normalized spacial score (nSPS) is 11.2. The summed E-state index contributed by atoms with van der Waals surface area (Å²) in [5.41, 5.74) is 5.96. The Balaban J connectivity index is 1.47. The van der Waals surface area contributed by atoms with Crippen LogP contribution >= 0.6 is 0 Å². The van der Waals surface area contributed by atoms with Crippen LogP contribution in [0.1, 0.15) is 37.4 Å². The molecule has 3 aromatic rings. The van der Waals surface area contributed by atoms with Crippen LogP contribution in [0.25, 0.3) is 11.1 Å². The van der Waals surface area contributed by atoms with Crippen LogP contribution in [-0.4, -0.2) is 18.4 Å². The van der Waals surface area contributed by atoms with E-state index in [1.807, 2.05) is 30.3 Å². The van der Waals surface area contributed by atoms with Gasteiger partial charge in [-0.2, -0.15) is 5.26 Å². The van der Waals surface area contributed by atoms with E-state index in [9.17, 15) is 9.59 Å². The van der Waals surface area contributed by atoms with Gasteiger partial charge >= 0.3 is 5.97 Å². The van der Waals surface area contributed by atoms with Crippen molar-refractivity contribution in [3.05, 3.63) is 94.5 Å². The third-order valence-corrected chi connectivity index (χ3v) is 4.70. The van der Waals surface area contributed by atoms with E-state index in [1.165, 1.54) is 35.4 Å². The first-order chi connectivity index (χ1) is 13.2. The predicted octanol–water partition coefficient (Wildman–Crippen LogP) is 4.17. The molecule has 4 nitrogen and oxygen atoms in total. The van der Waals surface area contributed by atoms with Crippen LogP contribution in [0.4, 0.5) is 0 Å². The number of hydrogen-bond acceptors (Lipinski definition) is 4. The van der Waals surface area contributed by atoms with E-state index < -0.39 is 5.97 Å². The molecule has 27 heavy (non-hydrogen) atoms. The highest BCUT2D eigenvalue weighted by Crippen LogP contribution is 2.36. The zero-order valence-corrected chi connectivity index (χ0v) is 14.4. The summed E-state index contributed by atoms with van der Waals surface area (Å²) in [5.74, 6) is -0.830. The predicted molar refractivity (Wildman–Crippen MR) is 100 cm³/mol. The number of nitrogens with zero attached hydrogens (tertiary/aromatic N) is 1. The number of hydrogen-bond donors (Lipinski definition) is 0. The summed E-state index contributed by atoms with van der Waals surface area (Å²) in [7, 11) is 0. The number of ether oxygens (including phenoxy) is 1. The average molecular weight is 353 g/mol. The Kier molecular flexibility index (Phi) is 4.27. The molecule has 0 N–H and O–H groups in total. The summed E-state index contributed by atoms with van der Waals surface area (Å²) in [5, 5.41) is 8.79. The Hall–Kier alpha value is -3.71. The molecule has 0 atom stereocenters. The molecule has 0 fully saturated rings. The molecule has 0 saturated heterocycles. The minimum Gasteiger partial charge on any atom is -0.454 e. The molecule has 0 radical (unpaired) electrons. The molecule has 0 bridgehead atoms. The van der Waals surface area contributed by atoms with Gasteiger partial charge in [-0.15, -0.1) is 0 Å². The van der Waals surface area contributed by atoms with Gasteiger partial charge in [0.25, 0.3) is 0 Å². The van der Waals surface area contributed by atoms with Crippen molar-refractivity contribution in [2.45, 2.75) is 6.42 Å². The molecule has 1 aliphatic rings. The van der Waals surface area contributed by atoms with Crippen LogP contribution in [0, 0.1) is 11.3 Å². The van der Waals surface area contributed by atoms with E-state index in [-0.39, 0.29) is 12.4 Å². The van der Waals surface area contributed by atoms with E-state index in [4.69, 9.17) is 10.00 Å². The fourth-order valence-corrected chi connectivity index (χ4v) is 3.28. The van der Waals surface area contributed by atoms with Gasteiger partial charge in [-0.3, -0.25) is 4.79 Å². The number of nitriles is 1. The Bertz CT molecular complexity index is 1090. The van der Waals surface area contributed by atoms with Crippen molar-refractivity contribution < 1.29 is 14.3 Å². The topological polar surface area (TPSA) is 67.2 Å². The lowest BCUT2D eigenvalue weighted by molar-refractivity contribution is 0.0475. The third-order valence-electron chi connectivity index (χ3n) is 4.70. The molecular formula is C23H15NO3. The van der Waals surface area contributed by atoms with Gasteiger partial charge in [0.2, 0.25) is 0 Å². The van der Waals surface area contributed by atoms with E-state index >= 15 is 0 Å². The van der Waals surface area contributed by atoms with Gasteiger partial charge in [0.15, 0.2) is 12.4 Å². The number of Topliss-reactive ketones (excluding diaryl/α,β-unsaturated/α-hetero) is 1. The first-order valence-corrected chi connectivity index (χ1v) is 8.57. The molecule has 0 aromatic heterocycles. The minimum atomic E-state index is -0.584. The second kappa shape index (κ2) is 6.89. The van der Waals surface area contributed by atoms with Crippen molar-refractivity contribution >= 4 is 11.8 Å². The summed E-state index contributed by atoms with van der Waals surface area (Å²) >= 11 is 0. The van der Waals surface area contributed by atoms with Gasteiger partial charge in [-0.25, -0.2) is 4.79 Å². The van der Waals surface area contributed by atoms with Crippen molar-refractivity contribution in [1.82, 2.24) is 0 Å². The van der Waals surface area contributed by atoms with Crippen LogP contribution in [0.2, 0.25) is 0 Å². The highest BCUT2D eigenvalue weighted by molar-refractivity contribution is 6.00. The van der Waals surface area contributed by atoms with Crippen molar-refractivity contribution in [3.8, 4) is 17.2 Å². The Morgan fingerprint density at radius 3 is 2.37 bits per heavy atom. The fourth-order valence-electron chi connectivity index (χ4n) is 3.28. The van der Waals surface area contributed by atoms with Gasteiger partial charge < -0.3 is 4.74 Å². The van der Waals surface area contributed by atoms with Crippen LogP contribution in [0.5, 0.6) is 0 Å². The lowest BCUT2D eigenvalue weighted by Gasteiger charge is -2.07. The molecule has 130 valence electrons. The number of carbonyl (C=O) groups is 2. The van der Waals surface area contributed by atoms with Crippen LogP contribution < -0.4 is 0 Å². The number of rotatable bonds is 4. The monoisotopic (exact) mass is 353 g/mol. The van der Waals surface area contributed by atoms with Crippen LogP contribution in [-0.2, 0) is 11.2 Å². The fraction of sp³-hybridized carbons (Fsp3) is 0.0870. The average Bonchev–Trinajstić information content (AvgIpc) is 3.09. The first kappa shape index (κ1) is 16.7. The van der Waals surface area contributed by atoms with Gasteiger partial charge in [-0.05, 0) is 59.0 Å². The molecule has 0 amide bonds. The van der Waals surface area contributed by atoms with E-state index in [1.54, 1.807) is 6.07 Å². The van der Waals surface area contributed by atoms with Crippen molar-refractivity contribution in [3.63, 3.8) is 0 Å². The molecular weight excluding hydrogens is 338 g/mol. The molecule has 0 aliphatic heterocycles. The molecule has 1 aliphatic carbocycles. The van der Waals surface area contributed by atoms with Crippen LogP contribution in [0.3, 0.4) is 0 Å². The van der Waals surface area contributed by atoms with Crippen molar-refractivity contribution in [2.24, 2.45) is 0 Å². The first-order valence-electron chi connectivity index (χ1n) is 8.57.